The molecule has 0 radical (unpaired) electrons. The lowest BCUT2D eigenvalue weighted by molar-refractivity contribution is -0.727. The van der Waals surface area contributed by atoms with Crippen LogP contribution in [0.2, 0.25) is 0 Å². The molecule has 2 aromatic rings. The van der Waals surface area contributed by atoms with Crippen LogP contribution < -0.4 is 57.1 Å². The third-order valence-corrected chi connectivity index (χ3v) is 2.98. The largest absolute Gasteiger partial charge is 1.00 e. The highest BCUT2D eigenvalue weighted by Crippen LogP contribution is 1.92. The lowest BCUT2D eigenvalue weighted by Crippen LogP contribution is -3.00. The van der Waals surface area contributed by atoms with Gasteiger partial charge in [0.25, 0.3) is 0 Å². The van der Waals surface area contributed by atoms with Crippen LogP contribution in [0.3, 0.4) is 0 Å². The quantitative estimate of drug-likeness (QED) is 0.142. The maximum atomic E-state index is 8.51. The average molecular weight is 511 g/mol. The fourth-order valence-corrected chi connectivity index (χ4v) is 1.94. The van der Waals surface area contributed by atoms with Gasteiger partial charge in [-0.25, -0.2) is 9.13 Å². The number of halogens is 2. The molecule has 0 bridgehead atoms. The molecule has 0 aromatic carbocycles. The second-order valence-electron chi connectivity index (χ2n) is 4.59. The van der Waals surface area contributed by atoms with Crippen LogP contribution in [0.25, 0.3) is 0 Å². The molecule has 6 heteroatoms. The third-order valence-electron chi connectivity index (χ3n) is 2.98. The number of pyridine rings is 2. The van der Waals surface area contributed by atoms with Gasteiger partial charge in [0.1, 0.15) is 0 Å². The number of hydrogen-bond acceptors (Lipinski definition) is 2. The van der Waals surface area contributed by atoms with Crippen molar-refractivity contribution in [1.82, 2.24) is 0 Å². The first-order valence-corrected chi connectivity index (χ1v) is 6.40. The van der Waals surface area contributed by atoms with Crippen LogP contribution in [0.1, 0.15) is 17.5 Å². The van der Waals surface area contributed by atoms with Crippen molar-refractivity contribution in [2.75, 3.05) is 0 Å². The van der Waals surface area contributed by atoms with Gasteiger partial charge >= 0.3 is 0 Å². The first-order valence-electron chi connectivity index (χ1n) is 6.40. The second-order valence-corrected chi connectivity index (χ2v) is 4.59. The fraction of sp³-hybridized carbons (Fsp3) is 0.267. The molecule has 0 aliphatic heterocycles. The van der Waals surface area contributed by atoms with Gasteiger partial charge in [-0.2, -0.15) is 0 Å². The van der Waals surface area contributed by atoms with Gasteiger partial charge in [-0.05, 0) is 18.6 Å². The second kappa shape index (κ2) is 10.9. The number of nitrogens with zero attached hydrogens (tertiary/aromatic N) is 3. The zero-order valence-electron chi connectivity index (χ0n) is 11.9. The molecule has 0 atom stereocenters. The van der Waals surface area contributed by atoms with Crippen molar-refractivity contribution < 1.29 is 62.3 Å². The Kier molecular flexibility index (Phi) is 10.5. The Bertz CT molecular complexity index is 559. The third kappa shape index (κ3) is 7.16. The minimum atomic E-state index is 0. The fourth-order valence-electron chi connectivity index (χ4n) is 1.94. The summed E-state index contributed by atoms with van der Waals surface area (Å²) >= 11 is 0. The van der Waals surface area contributed by atoms with Crippen molar-refractivity contribution in [2.45, 2.75) is 26.4 Å². The highest BCUT2D eigenvalue weighted by molar-refractivity contribution is 5.77. The summed E-state index contributed by atoms with van der Waals surface area (Å²) in [5, 5.41) is 11.6. The Balaban J connectivity index is 0.00000200. The Hall–Kier alpha value is -0.770. The van der Waals surface area contributed by atoms with E-state index in [4.69, 9.17) is 5.21 Å². The van der Waals surface area contributed by atoms with Crippen LogP contribution in [-0.2, 0) is 13.1 Å². The Labute approximate surface area is 159 Å². The Morgan fingerprint density at radius 1 is 1.05 bits per heavy atom. The summed E-state index contributed by atoms with van der Waals surface area (Å²) in [6.45, 7) is 4.02. The van der Waals surface area contributed by atoms with Gasteiger partial charge < -0.3 is 53.2 Å². The molecule has 0 spiro atoms. The monoisotopic (exact) mass is 511 g/mol. The molecule has 0 saturated carbocycles. The first-order chi connectivity index (χ1) is 9.28. The van der Waals surface area contributed by atoms with Crippen LogP contribution in [0.4, 0.5) is 0 Å². The van der Waals surface area contributed by atoms with Crippen molar-refractivity contribution >= 4 is 6.21 Å². The standard InChI is InChI=1S/C15H18N3O.2HI/c1-14-5-10-17(11-6-14)8-3-9-18-7-2-4-15(13-18)12-16-19;;/h2,4-7,10-13H,3,8-9H2,1H3;2*1H/q+1;;/p-1/b16-12+;;. The van der Waals surface area contributed by atoms with Crippen LogP contribution in [0.15, 0.2) is 54.2 Å². The zero-order chi connectivity index (χ0) is 13.5. The molecule has 0 amide bonds. The highest BCUT2D eigenvalue weighted by atomic mass is 127. The SMILES string of the molecule is Cc1cc[n+](CCC[n+]2cccc(/C=N/O)c2)cc1.[I-].[I-]. The molecular weight excluding hydrogens is 492 g/mol. The summed E-state index contributed by atoms with van der Waals surface area (Å²) in [5.74, 6) is 0. The van der Waals surface area contributed by atoms with E-state index in [9.17, 15) is 0 Å². The molecule has 4 nitrogen and oxygen atoms in total. The van der Waals surface area contributed by atoms with Crippen LogP contribution >= 0.6 is 0 Å². The van der Waals surface area contributed by atoms with E-state index in [0.717, 1.165) is 25.1 Å². The van der Waals surface area contributed by atoms with Gasteiger partial charge in [-0.1, -0.05) is 5.16 Å². The molecule has 0 aliphatic carbocycles. The number of hydrogen-bond donors (Lipinski definition) is 1. The lowest BCUT2D eigenvalue weighted by Gasteiger charge is -1.97. The van der Waals surface area contributed by atoms with E-state index in [1.807, 2.05) is 24.5 Å². The summed E-state index contributed by atoms with van der Waals surface area (Å²) in [6.07, 6.45) is 10.7. The molecule has 0 fully saturated rings. The molecule has 21 heavy (non-hydrogen) atoms. The van der Waals surface area contributed by atoms with E-state index in [0.29, 0.717) is 0 Å². The van der Waals surface area contributed by atoms with Gasteiger partial charge in [0.05, 0.1) is 18.2 Å². The van der Waals surface area contributed by atoms with Gasteiger partial charge in [0.15, 0.2) is 37.9 Å². The molecule has 1 N–H and O–H groups in total. The minimum Gasteiger partial charge on any atom is -1.00 e. The van der Waals surface area contributed by atoms with Crippen LogP contribution in [0.5, 0.6) is 0 Å². The molecule has 2 heterocycles. The molecule has 2 aromatic heterocycles. The molecule has 2 rings (SSSR count). The Morgan fingerprint density at radius 2 is 1.71 bits per heavy atom. The predicted octanol–water partition coefficient (Wildman–Crippen LogP) is -4.52. The number of aromatic nitrogens is 2. The van der Waals surface area contributed by atoms with Gasteiger partial charge in [0, 0.05) is 18.2 Å². The molecule has 0 unspecified atom stereocenters. The van der Waals surface area contributed by atoms with E-state index < -0.39 is 0 Å². The van der Waals surface area contributed by atoms with Gasteiger partial charge in [-0.3, -0.25) is 0 Å². The summed E-state index contributed by atoms with van der Waals surface area (Å²) in [7, 11) is 0. The molecule has 114 valence electrons. The van der Waals surface area contributed by atoms with E-state index >= 15 is 0 Å². The lowest BCUT2D eigenvalue weighted by atomic mass is 10.3. The number of oxime groups is 1. The van der Waals surface area contributed by atoms with Crippen molar-refractivity contribution in [2.24, 2.45) is 5.16 Å². The van der Waals surface area contributed by atoms with E-state index in [1.54, 1.807) is 0 Å². The van der Waals surface area contributed by atoms with Gasteiger partial charge in [0.2, 0.25) is 0 Å². The van der Waals surface area contributed by atoms with Crippen molar-refractivity contribution in [3.63, 3.8) is 0 Å². The smallest absolute Gasteiger partial charge is 0.177 e. The van der Waals surface area contributed by atoms with Gasteiger partial charge in [-0.15, -0.1) is 0 Å². The maximum Gasteiger partial charge on any atom is 0.177 e. The summed E-state index contributed by atoms with van der Waals surface area (Å²) in [4.78, 5) is 0. The van der Waals surface area contributed by atoms with Crippen molar-refractivity contribution in [3.05, 3.63) is 60.2 Å². The van der Waals surface area contributed by atoms with Crippen LogP contribution in [-0.4, -0.2) is 11.4 Å². The molecular formula is C15H19I2N3O. The summed E-state index contributed by atoms with van der Waals surface area (Å²) in [5.41, 5.74) is 2.18. The number of rotatable bonds is 5. The van der Waals surface area contributed by atoms with Crippen molar-refractivity contribution in [3.8, 4) is 0 Å². The maximum absolute atomic E-state index is 8.51. The summed E-state index contributed by atoms with van der Waals surface area (Å²) in [6, 6.07) is 8.10. The average Bonchev–Trinajstić information content (AvgIpc) is 2.42. The van der Waals surface area contributed by atoms with Crippen molar-refractivity contribution in [1.29, 1.82) is 0 Å². The predicted molar refractivity (Wildman–Crippen MR) is 72.0 cm³/mol. The normalized spacial score (nSPS) is 9.95. The topological polar surface area (TPSA) is 40.3 Å². The molecule has 0 aliphatic rings. The number of aryl methyl sites for hydroxylation is 3. The first kappa shape index (κ1) is 20.2. The molecule has 0 saturated heterocycles. The summed E-state index contributed by atoms with van der Waals surface area (Å²) < 4.78 is 4.29. The minimum absolute atomic E-state index is 0. The van der Waals surface area contributed by atoms with E-state index in [-0.39, 0.29) is 48.0 Å². The Morgan fingerprint density at radius 3 is 2.38 bits per heavy atom. The van der Waals surface area contributed by atoms with E-state index in [1.165, 1.54) is 11.8 Å². The van der Waals surface area contributed by atoms with Crippen LogP contribution in [0, 0.1) is 6.92 Å². The van der Waals surface area contributed by atoms with E-state index in [2.05, 4.69) is 45.7 Å². The zero-order valence-corrected chi connectivity index (χ0v) is 16.2. The highest BCUT2D eigenvalue weighted by Gasteiger charge is 2.05.